The Morgan fingerprint density at radius 1 is 1.26 bits per heavy atom. The normalized spacial score (nSPS) is 34.2. The quantitative estimate of drug-likeness (QED) is 0.731. The molecule has 1 heterocycles. The lowest BCUT2D eigenvalue weighted by Crippen LogP contribution is -2.54. The summed E-state index contributed by atoms with van der Waals surface area (Å²) in [6.45, 7) is 2.30. The molecule has 3 aliphatic carbocycles. The third-order valence-electron chi connectivity index (χ3n) is 5.86. The van der Waals surface area contributed by atoms with E-state index in [2.05, 4.69) is 11.0 Å². The zero-order valence-corrected chi connectivity index (χ0v) is 14.0. The van der Waals surface area contributed by atoms with Crippen molar-refractivity contribution >= 4 is 5.91 Å². The van der Waals surface area contributed by atoms with Gasteiger partial charge >= 0.3 is 0 Å². The van der Waals surface area contributed by atoms with Gasteiger partial charge in [0.15, 0.2) is 0 Å². The number of allylic oxidation sites excluding steroid dienone is 1. The lowest BCUT2D eigenvalue weighted by molar-refractivity contribution is -0.151. The maximum atomic E-state index is 12.8. The number of nitrogens with zero attached hydrogens (tertiary/aromatic N) is 1. The van der Waals surface area contributed by atoms with Gasteiger partial charge < -0.3 is 14.4 Å². The third-order valence-corrected chi connectivity index (χ3v) is 5.86. The van der Waals surface area contributed by atoms with Crippen LogP contribution in [0, 0.1) is 5.92 Å². The lowest BCUT2D eigenvalue weighted by atomic mass is 9.96. The van der Waals surface area contributed by atoms with E-state index in [9.17, 15) is 4.79 Å². The number of amides is 1. The van der Waals surface area contributed by atoms with E-state index in [-0.39, 0.29) is 18.2 Å². The number of morpholine rings is 1. The van der Waals surface area contributed by atoms with Gasteiger partial charge in [-0.2, -0.15) is 0 Å². The maximum absolute atomic E-state index is 12.8. The van der Waals surface area contributed by atoms with Gasteiger partial charge in [0.05, 0.1) is 18.8 Å². The number of fused-ring (bicyclic) bond motifs is 1. The first-order valence-corrected chi connectivity index (χ1v) is 9.52. The summed E-state index contributed by atoms with van der Waals surface area (Å²) >= 11 is 0. The largest absolute Gasteiger partial charge is 0.375 e. The molecule has 1 amide bonds. The van der Waals surface area contributed by atoms with Crippen LogP contribution in [0.5, 0.6) is 0 Å². The minimum absolute atomic E-state index is 0.104. The number of rotatable bonds is 5. The molecule has 1 saturated heterocycles. The lowest BCUT2D eigenvalue weighted by Gasteiger charge is -2.39. The number of ether oxygens (including phenoxy) is 2. The van der Waals surface area contributed by atoms with Crippen LogP contribution in [-0.4, -0.2) is 48.8 Å². The van der Waals surface area contributed by atoms with Crippen molar-refractivity contribution in [3.8, 4) is 0 Å². The summed E-state index contributed by atoms with van der Waals surface area (Å²) in [7, 11) is 0. The van der Waals surface area contributed by atoms with Crippen LogP contribution in [0.1, 0.15) is 57.8 Å². The molecule has 0 aromatic carbocycles. The second-order valence-electron chi connectivity index (χ2n) is 7.67. The number of carbonyl (C=O) groups is 1. The first kappa shape index (κ1) is 15.6. The smallest absolute Gasteiger partial charge is 0.227 e. The SMILES string of the molecule is O=C(CC1=CCCCC1)N1CCO[C@H]2[C@H](OCC3CC3)CC[C@@H]21. The molecule has 0 bridgehead atoms. The first-order valence-electron chi connectivity index (χ1n) is 9.52. The predicted octanol–water partition coefficient (Wildman–Crippen LogP) is 3.06. The topological polar surface area (TPSA) is 38.8 Å². The van der Waals surface area contributed by atoms with Gasteiger partial charge in [-0.15, -0.1) is 0 Å². The van der Waals surface area contributed by atoms with Crippen LogP contribution in [0.15, 0.2) is 11.6 Å². The van der Waals surface area contributed by atoms with Crippen molar-refractivity contribution in [3.63, 3.8) is 0 Å². The summed E-state index contributed by atoms with van der Waals surface area (Å²) in [6.07, 6.45) is 12.7. The minimum atomic E-state index is 0.104. The van der Waals surface area contributed by atoms with E-state index in [0.717, 1.165) is 44.8 Å². The van der Waals surface area contributed by atoms with E-state index in [0.29, 0.717) is 18.9 Å². The molecule has 4 heteroatoms. The molecule has 0 spiro atoms. The van der Waals surface area contributed by atoms with Crippen molar-refractivity contribution in [1.29, 1.82) is 0 Å². The fourth-order valence-electron chi connectivity index (χ4n) is 4.31. The van der Waals surface area contributed by atoms with E-state index in [1.807, 2.05) is 0 Å². The van der Waals surface area contributed by atoms with Crippen molar-refractivity contribution in [2.24, 2.45) is 5.92 Å². The van der Waals surface area contributed by atoms with Crippen LogP contribution < -0.4 is 0 Å². The fourth-order valence-corrected chi connectivity index (χ4v) is 4.31. The Bertz CT molecular complexity index is 471. The van der Waals surface area contributed by atoms with E-state index < -0.39 is 0 Å². The molecule has 4 rings (SSSR count). The van der Waals surface area contributed by atoms with Gasteiger partial charge in [-0.1, -0.05) is 11.6 Å². The Balaban J connectivity index is 1.35. The van der Waals surface area contributed by atoms with Crippen molar-refractivity contribution in [3.05, 3.63) is 11.6 Å². The second-order valence-corrected chi connectivity index (χ2v) is 7.67. The third kappa shape index (κ3) is 3.63. The molecule has 23 heavy (non-hydrogen) atoms. The van der Waals surface area contributed by atoms with Crippen LogP contribution in [0.25, 0.3) is 0 Å². The van der Waals surface area contributed by atoms with Crippen molar-refractivity contribution < 1.29 is 14.3 Å². The van der Waals surface area contributed by atoms with Crippen LogP contribution in [0.2, 0.25) is 0 Å². The molecular weight excluding hydrogens is 290 g/mol. The molecule has 0 unspecified atom stereocenters. The minimum Gasteiger partial charge on any atom is -0.375 e. The van der Waals surface area contributed by atoms with Crippen LogP contribution in [0.4, 0.5) is 0 Å². The fraction of sp³-hybridized carbons (Fsp3) is 0.842. The molecule has 128 valence electrons. The molecule has 4 nitrogen and oxygen atoms in total. The Hall–Kier alpha value is -0.870. The van der Waals surface area contributed by atoms with E-state index >= 15 is 0 Å². The van der Waals surface area contributed by atoms with Crippen LogP contribution >= 0.6 is 0 Å². The monoisotopic (exact) mass is 319 g/mol. The highest BCUT2D eigenvalue weighted by molar-refractivity contribution is 5.79. The standard InChI is InChI=1S/C19H29NO3/c21-18(12-14-4-2-1-3-5-14)20-10-11-22-19-16(20)8-9-17(19)23-13-15-6-7-15/h4,15-17,19H,1-3,5-13H2/t16-,17+,19+/m0/s1. The summed E-state index contributed by atoms with van der Waals surface area (Å²) < 4.78 is 12.1. The molecule has 0 aromatic rings. The molecule has 3 atom stereocenters. The van der Waals surface area contributed by atoms with Gasteiger partial charge in [0, 0.05) is 19.6 Å². The summed E-state index contributed by atoms with van der Waals surface area (Å²) in [5.74, 6) is 1.09. The van der Waals surface area contributed by atoms with Crippen LogP contribution in [0.3, 0.4) is 0 Å². The summed E-state index contributed by atoms with van der Waals surface area (Å²) in [5, 5.41) is 0. The van der Waals surface area contributed by atoms with Gasteiger partial charge in [0.2, 0.25) is 5.91 Å². The summed E-state index contributed by atoms with van der Waals surface area (Å²) in [6, 6.07) is 0.240. The van der Waals surface area contributed by atoms with E-state index in [1.54, 1.807) is 0 Å². The van der Waals surface area contributed by atoms with E-state index in [1.165, 1.54) is 31.3 Å². The van der Waals surface area contributed by atoms with Gasteiger partial charge in [0.1, 0.15) is 6.10 Å². The maximum Gasteiger partial charge on any atom is 0.227 e. The molecule has 2 saturated carbocycles. The molecular formula is C19H29NO3. The van der Waals surface area contributed by atoms with Crippen molar-refractivity contribution in [1.82, 2.24) is 4.90 Å². The number of carbonyl (C=O) groups excluding carboxylic acids is 1. The Morgan fingerprint density at radius 3 is 2.96 bits per heavy atom. The van der Waals surface area contributed by atoms with Gasteiger partial charge in [-0.3, -0.25) is 4.79 Å². The Morgan fingerprint density at radius 2 is 2.17 bits per heavy atom. The Labute approximate surface area is 139 Å². The first-order chi connectivity index (χ1) is 11.3. The van der Waals surface area contributed by atoms with E-state index in [4.69, 9.17) is 9.47 Å². The Kier molecular flexibility index (Phi) is 4.72. The average molecular weight is 319 g/mol. The highest BCUT2D eigenvalue weighted by atomic mass is 16.5. The highest BCUT2D eigenvalue weighted by Crippen LogP contribution is 2.35. The zero-order valence-electron chi connectivity index (χ0n) is 14.0. The van der Waals surface area contributed by atoms with Crippen molar-refractivity contribution in [2.75, 3.05) is 19.8 Å². The molecule has 0 N–H and O–H groups in total. The van der Waals surface area contributed by atoms with Crippen molar-refractivity contribution in [2.45, 2.75) is 76.0 Å². The molecule has 3 fully saturated rings. The van der Waals surface area contributed by atoms with Gasteiger partial charge in [0.25, 0.3) is 0 Å². The molecule has 4 aliphatic rings. The van der Waals surface area contributed by atoms with Gasteiger partial charge in [-0.05, 0) is 57.3 Å². The van der Waals surface area contributed by atoms with Gasteiger partial charge in [-0.25, -0.2) is 0 Å². The van der Waals surface area contributed by atoms with Crippen LogP contribution in [-0.2, 0) is 14.3 Å². The molecule has 0 aromatic heterocycles. The number of hydrogen-bond acceptors (Lipinski definition) is 3. The summed E-state index contributed by atoms with van der Waals surface area (Å²) in [5.41, 5.74) is 1.35. The summed E-state index contributed by atoms with van der Waals surface area (Å²) in [4.78, 5) is 14.9. The second kappa shape index (κ2) is 6.94. The number of hydrogen-bond donors (Lipinski definition) is 0. The molecule has 0 radical (unpaired) electrons. The zero-order chi connectivity index (χ0) is 15.6. The predicted molar refractivity (Wildman–Crippen MR) is 88.1 cm³/mol. The molecule has 1 aliphatic heterocycles. The average Bonchev–Trinajstić information content (AvgIpc) is 3.32. The highest BCUT2D eigenvalue weighted by Gasteiger charge is 2.45.